The molecule has 0 aliphatic heterocycles. The van der Waals surface area contributed by atoms with E-state index < -0.39 is 11.6 Å². The van der Waals surface area contributed by atoms with Crippen LogP contribution in [-0.2, 0) is 17.6 Å². The minimum Gasteiger partial charge on any atom is -0.479 e. The number of carbonyl (C=O) groups is 1. The topological polar surface area (TPSA) is 57.5 Å². The summed E-state index contributed by atoms with van der Waals surface area (Å²) in [5, 5.41) is 18.6. The largest absolute Gasteiger partial charge is 0.479 e. The molecule has 2 bridgehead atoms. The SMILES string of the molecule is O=C(O)C1(O)Cc2cccc(c2)C1. The van der Waals surface area contributed by atoms with E-state index in [-0.39, 0.29) is 12.8 Å². The van der Waals surface area contributed by atoms with Crippen LogP contribution in [0.1, 0.15) is 11.1 Å². The van der Waals surface area contributed by atoms with Gasteiger partial charge in [0.15, 0.2) is 5.60 Å². The van der Waals surface area contributed by atoms with Gasteiger partial charge in [-0.2, -0.15) is 0 Å². The van der Waals surface area contributed by atoms with Crippen LogP contribution in [0.2, 0.25) is 0 Å². The summed E-state index contributed by atoms with van der Waals surface area (Å²) in [6.07, 6.45) is 0.409. The van der Waals surface area contributed by atoms with Gasteiger partial charge in [-0.3, -0.25) is 0 Å². The minimum absolute atomic E-state index is 0.205. The second-order valence-electron chi connectivity index (χ2n) is 3.51. The lowest BCUT2D eigenvalue weighted by molar-refractivity contribution is -0.158. The fraction of sp³-hybridized carbons (Fsp3) is 0.300. The lowest BCUT2D eigenvalue weighted by atomic mass is 9.82. The van der Waals surface area contributed by atoms with E-state index in [1.54, 1.807) is 0 Å². The predicted octanol–water partition coefficient (Wildman–Crippen LogP) is 0.601. The number of rotatable bonds is 1. The predicted molar refractivity (Wildman–Crippen MR) is 46.4 cm³/mol. The van der Waals surface area contributed by atoms with Gasteiger partial charge in [0.2, 0.25) is 0 Å². The van der Waals surface area contributed by atoms with E-state index in [1.165, 1.54) is 0 Å². The first-order valence-corrected chi connectivity index (χ1v) is 4.14. The van der Waals surface area contributed by atoms with Crippen molar-refractivity contribution in [3.63, 3.8) is 0 Å². The van der Waals surface area contributed by atoms with E-state index in [4.69, 9.17) is 5.11 Å². The van der Waals surface area contributed by atoms with Gasteiger partial charge < -0.3 is 10.2 Å². The van der Waals surface area contributed by atoms with Gasteiger partial charge in [0.25, 0.3) is 0 Å². The molecule has 1 aromatic carbocycles. The Balaban J connectivity index is 2.39. The zero-order valence-electron chi connectivity index (χ0n) is 7.03. The van der Waals surface area contributed by atoms with Crippen molar-refractivity contribution in [1.29, 1.82) is 0 Å². The summed E-state index contributed by atoms with van der Waals surface area (Å²) in [5.41, 5.74) is 0.169. The molecule has 0 radical (unpaired) electrons. The summed E-state index contributed by atoms with van der Waals surface area (Å²) in [6.45, 7) is 0. The third-order valence-electron chi connectivity index (χ3n) is 2.38. The number of carboxylic acids is 1. The molecule has 0 fully saturated rings. The van der Waals surface area contributed by atoms with Crippen molar-refractivity contribution in [3.05, 3.63) is 35.4 Å². The molecule has 3 nitrogen and oxygen atoms in total. The van der Waals surface area contributed by atoms with Crippen LogP contribution >= 0.6 is 0 Å². The summed E-state index contributed by atoms with van der Waals surface area (Å²) in [5.74, 6) is -1.14. The lowest BCUT2D eigenvalue weighted by Gasteiger charge is -2.27. The maximum Gasteiger partial charge on any atom is 0.336 e. The summed E-state index contributed by atoms with van der Waals surface area (Å²) in [7, 11) is 0. The van der Waals surface area contributed by atoms with Crippen molar-refractivity contribution in [3.8, 4) is 0 Å². The normalized spacial score (nSPS) is 18.2. The number of benzene rings is 1. The van der Waals surface area contributed by atoms with Crippen molar-refractivity contribution in [2.24, 2.45) is 0 Å². The second kappa shape index (κ2) is 2.57. The zero-order valence-corrected chi connectivity index (χ0v) is 7.03. The zero-order chi connectivity index (χ0) is 9.47. The van der Waals surface area contributed by atoms with Crippen LogP contribution in [0.5, 0.6) is 0 Å². The number of aliphatic carboxylic acids is 1. The first kappa shape index (κ1) is 8.26. The van der Waals surface area contributed by atoms with Crippen molar-refractivity contribution in [2.45, 2.75) is 18.4 Å². The van der Waals surface area contributed by atoms with Crippen LogP contribution in [0.4, 0.5) is 0 Å². The van der Waals surface area contributed by atoms with Crippen LogP contribution in [0.25, 0.3) is 0 Å². The Morgan fingerprint density at radius 3 is 2.31 bits per heavy atom. The molecule has 68 valence electrons. The third-order valence-corrected chi connectivity index (χ3v) is 2.38. The molecule has 3 heteroatoms. The highest BCUT2D eigenvalue weighted by Crippen LogP contribution is 2.25. The molecule has 0 amide bonds. The molecule has 0 saturated carbocycles. The summed E-state index contributed by atoms with van der Waals surface area (Å²) in [4.78, 5) is 10.8. The number of hydrogen-bond acceptors (Lipinski definition) is 2. The summed E-state index contributed by atoms with van der Waals surface area (Å²) < 4.78 is 0. The van der Waals surface area contributed by atoms with Crippen molar-refractivity contribution in [2.75, 3.05) is 0 Å². The van der Waals surface area contributed by atoms with Crippen molar-refractivity contribution >= 4 is 5.97 Å². The van der Waals surface area contributed by atoms with Crippen molar-refractivity contribution < 1.29 is 15.0 Å². The standard InChI is InChI=1S/C10H10O3/c11-9(12)10(13)5-7-2-1-3-8(4-7)6-10/h1-4,13H,5-6H2,(H,11,12). The molecule has 0 heterocycles. The molecule has 0 saturated heterocycles. The molecule has 0 atom stereocenters. The molecule has 0 unspecified atom stereocenters. The number of aliphatic hydroxyl groups is 1. The first-order chi connectivity index (χ1) is 6.10. The van der Waals surface area contributed by atoms with Gasteiger partial charge in [0.1, 0.15) is 0 Å². The molecule has 0 aromatic heterocycles. The lowest BCUT2D eigenvalue weighted by Crippen LogP contribution is -2.44. The van der Waals surface area contributed by atoms with Gasteiger partial charge in [-0.1, -0.05) is 24.3 Å². The molecule has 0 spiro atoms. The third kappa shape index (κ3) is 1.31. The quantitative estimate of drug-likeness (QED) is 0.662. The Bertz CT molecular complexity index is 336. The smallest absolute Gasteiger partial charge is 0.336 e. The molecule has 2 N–H and O–H groups in total. The van der Waals surface area contributed by atoms with Gasteiger partial charge in [-0.05, 0) is 11.1 Å². The average Bonchev–Trinajstić information content (AvgIpc) is 2.02. The van der Waals surface area contributed by atoms with Crippen LogP contribution in [0, 0.1) is 0 Å². The molecular formula is C10H10O3. The molecule has 1 aliphatic carbocycles. The van der Waals surface area contributed by atoms with E-state index in [1.807, 2.05) is 24.3 Å². The van der Waals surface area contributed by atoms with Gasteiger partial charge in [0.05, 0.1) is 0 Å². The molecule has 1 aromatic rings. The molecule has 2 rings (SSSR count). The fourth-order valence-electron chi connectivity index (χ4n) is 1.74. The van der Waals surface area contributed by atoms with Crippen LogP contribution in [0.15, 0.2) is 24.3 Å². The molecular weight excluding hydrogens is 168 g/mol. The maximum absolute atomic E-state index is 10.8. The highest BCUT2D eigenvalue weighted by Gasteiger charge is 2.38. The van der Waals surface area contributed by atoms with Gasteiger partial charge in [0, 0.05) is 12.8 Å². The Labute approximate surface area is 75.6 Å². The van der Waals surface area contributed by atoms with Gasteiger partial charge in [-0.25, -0.2) is 4.79 Å². The Hall–Kier alpha value is -1.35. The highest BCUT2D eigenvalue weighted by molar-refractivity contribution is 5.78. The van der Waals surface area contributed by atoms with Gasteiger partial charge in [-0.15, -0.1) is 0 Å². The molecule has 1 aliphatic rings. The Kier molecular flexibility index (Phi) is 1.63. The van der Waals surface area contributed by atoms with Crippen molar-refractivity contribution in [1.82, 2.24) is 0 Å². The van der Waals surface area contributed by atoms with Crippen LogP contribution in [-0.4, -0.2) is 21.8 Å². The monoisotopic (exact) mass is 178 g/mol. The van der Waals surface area contributed by atoms with E-state index in [9.17, 15) is 9.90 Å². The van der Waals surface area contributed by atoms with Crippen LogP contribution < -0.4 is 0 Å². The van der Waals surface area contributed by atoms with Gasteiger partial charge >= 0.3 is 5.97 Å². The number of carboxylic acid groups (broad SMARTS) is 1. The van der Waals surface area contributed by atoms with E-state index >= 15 is 0 Å². The second-order valence-corrected chi connectivity index (χ2v) is 3.51. The summed E-state index contributed by atoms with van der Waals surface area (Å²) >= 11 is 0. The first-order valence-electron chi connectivity index (χ1n) is 4.14. The van der Waals surface area contributed by atoms with E-state index in [0.29, 0.717) is 0 Å². The number of fused-ring (bicyclic) bond motifs is 2. The minimum atomic E-state index is -1.60. The Morgan fingerprint density at radius 2 is 1.85 bits per heavy atom. The van der Waals surface area contributed by atoms with Crippen LogP contribution in [0.3, 0.4) is 0 Å². The Morgan fingerprint density at radius 1 is 1.31 bits per heavy atom. The number of hydrogen-bond donors (Lipinski definition) is 2. The maximum atomic E-state index is 10.8. The highest BCUT2D eigenvalue weighted by atomic mass is 16.4. The summed E-state index contributed by atoms with van der Waals surface area (Å²) in [6, 6.07) is 7.47. The average molecular weight is 178 g/mol. The fourth-order valence-corrected chi connectivity index (χ4v) is 1.74. The van der Waals surface area contributed by atoms with E-state index in [0.717, 1.165) is 11.1 Å². The molecule has 13 heavy (non-hydrogen) atoms. The van der Waals surface area contributed by atoms with E-state index in [2.05, 4.69) is 0 Å².